The van der Waals surface area contributed by atoms with Gasteiger partial charge in [-0.1, -0.05) is 0 Å². The molecule has 0 radical (unpaired) electrons. The van der Waals surface area contributed by atoms with Gasteiger partial charge in [0, 0.05) is 0 Å². The summed E-state index contributed by atoms with van der Waals surface area (Å²) >= 11 is -1.41. The molecule has 3 nitrogen and oxygen atoms in total. The number of aliphatic carboxylic acids is 1. The van der Waals surface area contributed by atoms with Crippen LogP contribution in [-0.2, 0) is 29.4 Å². The van der Waals surface area contributed by atoms with E-state index < -0.39 is 30.5 Å². The maximum atomic E-state index is 10.2. The molecule has 4 heteroatoms. The zero-order valence-electron chi connectivity index (χ0n) is 6.62. The van der Waals surface area contributed by atoms with E-state index in [1.165, 1.54) is 3.07 Å². The summed E-state index contributed by atoms with van der Waals surface area (Å²) in [5, 5.41) is 10.2. The Kier molecular flexibility index (Phi) is 3.53. The molecule has 60 valence electrons. The Bertz CT molecular complexity index is 271. The van der Waals surface area contributed by atoms with Crippen molar-refractivity contribution in [3.63, 3.8) is 0 Å². The summed E-state index contributed by atoms with van der Waals surface area (Å²) in [6.07, 6.45) is 0. The number of carbonyl (C=O) groups excluding carboxylic acids is 1. The van der Waals surface area contributed by atoms with E-state index in [4.69, 9.17) is 5.73 Å². The van der Waals surface area contributed by atoms with Crippen LogP contribution in [0.5, 0.6) is 0 Å². The summed E-state index contributed by atoms with van der Waals surface area (Å²) in [6, 6.07) is 7.45. The molecule has 0 aliphatic rings. The van der Waals surface area contributed by atoms with Crippen LogP contribution in [0.15, 0.2) is 24.3 Å². The normalized spacial score (nSPS) is 9.00. The Morgan fingerprint density at radius 2 is 2.00 bits per heavy atom. The van der Waals surface area contributed by atoms with Crippen molar-refractivity contribution >= 4 is 14.7 Å². The molecule has 1 aromatic carbocycles. The molecule has 0 fully saturated rings. The monoisotopic (exact) mass is 352 g/mol. The molecular formula is C8H8HgNO2-. The Labute approximate surface area is 83.0 Å². The fourth-order valence-electron chi connectivity index (χ4n) is 0.931. The first-order valence-corrected chi connectivity index (χ1v) is 10.4. The van der Waals surface area contributed by atoms with Gasteiger partial charge in [-0.3, -0.25) is 0 Å². The van der Waals surface area contributed by atoms with Crippen LogP contribution in [0.25, 0.3) is 0 Å². The average Bonchev–Trinajstić information content (AvgIpc) is 2.03. The molecule has 12 heavy (non-hydrogen) atoms. The molecule has 0 aromatic heterocycles. The van der Waals surface area contributed by atoms with Crippen LogP contribution in [0.4, 0.5) is 5.69 Å². The first-order valence-electron chi connectivity index (χ1n) is 3.73. The van der Waals surface area contributed by atoms with Crippen molar-refractivity contribution in [3.05, 3.63) is 24.3 Å². The number of hydrogen-bond donors (Lipinski definition) is 1. The standard InChI is InChI=1S/C6H6N.C2H3O2.Hg/c7-6-4-2-1-3-5-6;1-2(3)4;/h2-5H,7H2;1H2,(H,3,4);/p-1. The Hall–Kier alpha value is -0.575. The van der Waals surface area contributed by atoms with Crippen molar-refractivity contribution in [2.24, 2.45) is 0 Å². The van der Waals surface area contributed by atoms with Crippen LogP contribution < -0.4 is 13.9 Å². The summed E-state index contributed by atoms with van der Waals surface area (Å²) in [4.78, 5) is 10.2. The molecular weight excluding hydrogens is 343 g/mol. The summed E-state index contributed by atoms with van der Waals surface area (Å²) < 4.78 is 1.47. The number of hydrogen-bond acceptors (Lipinski definition) is 3. The van der Waals surface area contributed by atoms with E-state index in [-0.39, 0.29) is 3.93 Å². The van der Waals surface area contributed by atoms with E-state index >= 15 is 0 Å². The molecule has 0 heterocycles. The molecule has 0 aliphatic carbocycles. The van der Waals surface area contributed by atoms with Crippen LogP contribution >= 0.6 is 0 Å². The molecule has 0 saturated carbocycles. The van der Waals surface area contributed by atoms with E-state index in [0.29, 0.717) is 0 Å². The van der Waals surface area contributed by atoms with Gasteiger partial charge in [-0.05, 0) is 0 Å². The van der Waals surface area contributed by atoms with Crippen LogP contribution in [0.1, 0.15) is 0 Å². The van der Waals surface area contributed by atoms with Gasteiger partial charge < -0.3 is 0 Å². The Morgan fingerprint density at radius 3 is 2.50 bits per heavy atom. The maximum absolute atomic E-state index is 10.2. The van der Waals surface area contributed by atoms with Gasteiger partial charge in [0.1, 0.15) is 0 Å². The summed E-state index contributed by atoms with van der Waals surface area (Å²) in [6.45, 7) is 0. The average molecular weight is 351 g/mol. The van der Waals surface area contributed by atoms with Crippen LogP contribution in [0.2, 0.25) is 3.93 Å². The number of rotatable bonds is 3. The van der Waals surface area contributed by atoms with Gasteiger partial charge in [0.25, 0.3) is 0 Å². The second-order valence-electron chi connectivity index (χ2n) is 2.61. The van der Waals surface area contributed by atoms with Crippen molar-refractivity contribution in [3.8, 4) is 0 Å². The fourth-order valence-corrected chi connectivity index (χ4v) is 5.06. The molecule has 1 rings (SSSR count). The third kappa shape index (κ3) is 3.22. The molecule has 0 saturated heterocycles. The van der Waals surface area contributed by atoms with Gasteiger partial charge in [-0.25, -0.2) is 0 Å². The summed E-state index contributed by atoms with van der Waals surface area (Å²) in [7, 11) is 0. The number of nitrogens with two attached hydrogens (primary N) is 1. The number of carbonyl (C=O) groups is 1. The van der Waals surface area contributed by atoms with Crippen LogP contribution in [0, 0.1) is 0 Å². The summed E-state index contributed by atoms with van der Waals surface area (Å²) in [5.74, 6) is -0.923. The van der Waals surface area contributed by atoms with E-state index in [1.54, 1.807) is 0 Å². The van der Waals surface area contributed by atoms with Crippen LogP contribution in [0.3, 0.4) is 0 Å². The zero-order chi connectivity index (χ0) is 8.97. The zero-order valence-corrected chi connectivity index (χ0v) is 12.1. The van der Waals surface area contributed by atoms with Crippen LogP contribution in [-0.4, -0.2) is 5.97 Å². The second-order valence-corrected chi connectivity index (χ2v) is 9.68. The number of carboxylic acids is 1. The minimum atomic E-state index is -1.41. The van der Waals surface area contributed by atoms with Crippen molar-refractivity contribution in [1.82, 2.24) is 0 Å². The minimum absolute atomic E-state index is 0.282. The van der Waals surface area contributed by atoms with Crippen molar-refractivity contribution in [1.29, 1.82) is 0 Å². The number of nitrogen functional groups attached to an aromatic ring is 1. The second kappa shape index (κ2) is 4.45. The third-order valence-corrected chi connectivity index (χ3v) is 8.23. The molecule has 2 N–H and O–H groups in total. The number of carboxylic acid groups (broad SMARTS) is 1. The molecule has 0 amide bonds. The SMILES string of the molecule is Nc1cc[c]([Hg][CH2]C(=O)[O-])cc1. The molecule has 0 bridgehead atoms. The van der Waals surface area contributed by atoms with Crippen molar-refractivity contribution in [2.75, 3.05) is 5.73 Å². The van der Waals surface area contributed by atoms with Crippen molar-refractivity contribution in [2.45, 2.75) is 3.93 Å². The molecule has 0 aliphatic heterocycles. The number of anilines is 1. The van der Waals surface area contributed by atoms with E-state index in [9.17, 15) is 9.90 Å². The van der Waals surface area contributed by atoms with Gasteiger partial charge in [0.05, 0.1) is 0 Å². The summed E-state index contributed by atoms with van der Waals surface area (Å²) in [5.41, 5.74) is 6.20. The predicted molar refractivity (Wildman–Crippen MR) is 40.3 cm³/mol. The van der Waals surface area contributed by atoms with E-state index in [1.807, 2.05) is 24.3 Å². The molecule has 0 spiro atoms. The van der Waals surface area contributed by atoms with E-state index in [2.05, 4.69) is 0 Å². The van der Waals surface area contributed by atoms with E-state index in [0.717, 1.165) is 5.69 Å². The first kappa shape index (κ1) is 9.51. The molecule has 0 atom stereocenters. The predicted octanol–water partition coefficient (Wildman–Crippen LogP) is -0.855. The molecule has 1 aromatic rings. The molecule has 0 unspecified atom stereocenters. The third-order valence-electron chi connectivity index (χ3n) is 1.60. The topological polar surface area (TPSA) is 66.2 Å². The van der Waals surface area contributed by atoms with Gasteiger partial charge in [0.2, 0.25) is 0 Å². The first-order chi connectivity index (χ1) is 5.68. The van der Waals surface area contributed by atoms with Gasteiger partial charge >= 0.3 is 83.1 Å². The fraction of sp³-hybridized carbons (Fsp3) is 0.125. The number of benzene rings is 1. The van der Waals surface area contributed by atoms with Crippen molar-refractivity contribution < 1.29 is 34.5 Å². The Morgan fingerprint density at radius 1 is 1.42 bits per heavy atom. The van der Waals surface area contributed by atoms with Gasteiger partial charge in [-0.2, -0.15) is 0 Å². The quantitative estimate of drug-likeness (QED) is 0.570. The van der Waals surface area contributed by atoms with Gasteiger partial charge in [0.15, 0.2) is 0 Å². The van der Waals surface area contributed by atoms with Gasteiger partial charge in [-0.15, -0.1) is 0 Å². The Balaban J connectivity index is 2.53.